The van der Waals surface area contributed by atoms with Gasteiger partial charge >= 0.3 is 0 Å². The number of nitrogens with one attached hydrogen (secondary N) is 2. The minimum atomic E-state index is -0.152. The van der Waals surface area contributed by atoms with E-state index >= 15 is 0 Å². The Kier molecular flexibility index (Phi) is 7.36. The highest BCUT2D eigenvalue weighted by Crippen LogP contribution is 2.54. The van der Waals surface area contributed by atoms with Crippen LogP contribution in [0.15, 0.2) is 36.4 Å². The molecule has 3 heterocycles. The normalized spacial score (nSPS) is 21.1. The van der Waals surface area contributed by atoms with Gasteiger partial charge in [-0.1, -0.05) is 18.0 Å². The molecule has 0 bridgehead atoms. The predicted molar refractivity (Wildman–Crippen MR) is 143 cm³/mol. The number of anilines is 4. The number of aliphatic hydroxyl groups is 1. The first-order chi connectivity index (χ1) is 17.0. The van der Waals surface area contributed by atoms with Crippen LogP contribution in [0.2, 0.25) is 0 Å². The second-order valence-electron chi connectivity index (χ2n) is 9.86. The Labute approximate surface area is 211 Å². The Morgan fingerprint density at radius 2 is 2.00 bits per heavy atom. The van der Waals surface area contributed by atoms with Crippen LogP contribution >= 0.6 is 11.9 Å². The molecule has 2 aliphatic heterocycles. The van der Waals surface area contributed by atoms with Gasteiger partial charge in [-0.15, -0.1) is 0 Å². The number of benzene rings is 1. The number of aromatic nitrogens is 1. The number of morpholine rings is 1. The second kappa shape index (κ2) is 10.6. The summed E-state index contributed by atoms with van der Waals surface area (Å²) >= 11 is 1.46. The van der Waals surface area contributed by atoms with Crippen molar-refractivity contribution in [3.63, 3.8) is 0 Å². The molecule has 1 aromatic heterocycles. The number of nitrogens with zero attached hydrogens (tertiary/aromatic N) is 3. The molecule has 2 aromatic rings. The van der Waals surface area contributed by atoms with Crippen LogP contribution in [-0.2, 0) is 4.74 Å². The highest BCUT2D eigenvalue weighted by molar-refractivity contribution is 8.00. The van der Waals surface area contributed by atoms with Crippen molar-refractivity contribution < 1.29 is 14.6 Å². The molecule has 1 aliphatic carbocycles. The number of hydrogen-bond acceptors (Lipinski definition) is 8. The van der Waals surface area contributed by atoms with Gasteiger partial charge in [0.2, 0.25) is 0 Å². The fourth-order valence-corrected chi connectivity index (χ4v) is 5.49. The minimum Gasteiger partial charge on any atom is -0.395 e. The van der Waals surface area contributed by atoms with Gasteiger partial charge in [0, 0.05) is 37.6 Å². The van der Waals surface area contributed by atoms with Crippen molar-refractivity contribution in [3.8, 4) is 0 Å². The lowest BCUT2D eigenvalue weighted by molar-refractivity contribution is 0.0529. The molecule has 1 atom stereocenters. The molecule has 5 rings (SSSR count). The number of rotatable bonds is 8. The summed E-state index contributed by atoms with van der Waals surface area (Å²) in [6.07, 6.45) is 5.22. The molecule has 1 amide bonds. The first-order valence-corrected chi connectivity index (χ1v) is 13.6. The number of pyridine rings is 1. The maximum Gasteiger partial charge on any atom is 0.258 e. The molecule has 188 valence electrons. The summed E-state index contributed by atoms with van der Waals surface area (Å²) in [5.41, 5.74) is 3.10. The molecule has 2 saturated heterocycles. The zero-order valence-electron chi connectivity index (χ0n) is 20.3. The maximum atomic E-state index is 13.5. The summed E-state index contributed by atoms with van der Waals surface area (Å²) in [6.45, 7) is 6.37. The summed E-state index contributed by atoms with van der Waals surface area (Å²) < 4.78 is 8.93. The number of hydrogen-bond donors (Lipinski definition) is 3. The van der Waals surface area contributed by atoms with Crippen LogP contribution in [0.1, 0.15) is 43.0 Å². The van der Waals surface area contributed by atoms with Crippen molar-refractivity contribution >= 4 is 40.9 Å². The Balaban J connectivity index is 1.34. The summed E-state index contributed by atoms with van der Waals surface area (Å²) in [7, 11) is 0. The van der Waals surface area contributed by atoms with Crippen molar-refractivity contribution in [3.05, 3.63) is 42.0 Å². The molecule has 8 nitrogen and oxygen atoms in total. The molecule has 3 N–H and O–H groups in total. The molecule has 35 heavy (non-hydrogen) atoms. The molecule has 9 heteroatoms. The number of piperidine rings is 1. The highest BCUT2D eigenvalue weighted by Gasteiger charge is 2.44. The van der Waals surface area contributed by atoms with E-state index in [-0.39, 0.29) is 18.6 Å². The maximum absolute atomic E-state index is 13.5. The van der Waals surface area contributed by atoms with Crippen molar-refractivity contribution in [2.45, 2.75) is 38.7 Å². The summed E-state index contributed by atoms with van der Waals surface area (Å²) in [5, 5.41) is 12.1. The van der Waals surface area contributed by atoms with E-state index in [9.17, 15) is 4.79 Å². The van der Waals surface area contributed by atoms with Gasteiger partial charge < -0.3 is 29.7 Å². The Morgan fingerprint density at radius 3 is 2.74 bits per heavy atom. The van der Waals surface area contributed by atoms with E-state index in [1.54, 1.807) is 0 Å². The predicted octanol–water partition coefficient (Wildman–Crippen LogP) is 3.99. The van der Waals surface area contributed by atoms with Crippen LogP contribution in [0.5, 0.6) is 0 Å². The van der Waals surface area contributed by atoms with Crippen molar-refractivity contribution in [2.24, 2.45) is 5.41 Å². The molecular weight excluding hydrogens is 462 g/mol. The SMILES string of the molecule is C[C@H]1CN(c2cccc(NC(=O)c3ccc(NSCCO)cc3N3CCC4(CC3)CC4)n2)CCO1. The number of carbonyl (C=O) groups is 1. The molecule has 3 aliphatic rings. The van der Waals surface area contributed by atoms with Crippen LogP contribution in [0.4, 0.5) is 23.0 Å². The molecule has 3 fully saturated rings. The Morgan fingerprint density at radius 1 is 1.17 bits per heavy atom. The Bertz CT molecular complexity index is 1040. The summed E-state index contributed by atoms with van der Waals surface area (Å²) in [6, 6.07) is 11.6. The fraction of sp³-hybridized carbons (Fsp3) is 0.538. The van der Waals surface area contributed by atoms with Gasteiger partial charge in [-0.2, -0.15) is 0 Å². The lowest BCUT2D eigenvalue weighted by atomic mass is 9.93. The quantitative estimate of drug-likeness (QED) is 0.373. The fourth-order valence-electron chi connectivity index (χ4n) is 5.01. The van der Waals surface area contributed by atoms with Crippen LogP contribution < -0.4 is 19.8 Å². The standard InChI is InChI=1S/C26H35N5O3S/c1-19-18-31(13-15-34-19)24-4-2-3-23(27-24)28-25(33)21-6-5-20(29-35-16-14-32)17-22(21)30-11-9-26(7-8-26)10-12-30/h2-6,17,19,29,32H,7-16,18H2,1H3,(H,27,28,33)/t19-/m0/s1. The van der Waals surface area contributed by atoms with Gasteiger partial charge in [0.15, 0.2) is 0 Å². The number of carbonyl (C=O) groups excluding carboxylic acids is 1. The molecule has 0 unspecified atom stereocenters. The third-order valence-corrected chi connectivity index (χ3v) is 8.06. The first-order valence-electron chi connectivity index (χ1n) is 12.6. The summed E-state index contributed by atoms with van der Waals surface area (Å²) in [5.74, 6) is 1.85. The van der Waals surface area contributed by atoms with Crippen LogP contribution in [0, 0.1) is 5.41 Å². The number of amides is 1. The first kappa shape index (κ1) is 24.2. The average molecular weight is 498 g/mol. The molecule has 1 aromatic carbocycles. The largest absolute Gasteiger partial charge is 0.395 e. The van der Waals surface area contributed by atoms with Gasteiger partial charge in [-0.3, -0.25) is 4.79 Å². The van der Waals surface area contributed by atoms with E-state index in [1.807, 2.05) is 30.3 Å². The highest BCUT2D eigenvalue weighted by atomic mass is 32.2. The third-order valence-electron chi connectivity index (χ3n) is 7.29. The number of ether oxygens (including phenoxy) is 1. The number of aliphatic hydroxyl groups excluding tert-OH is 1. The van der Waals surface area contributed by atoms with Crippen molar-refractivity contribution in [1.82, 2.24) is 4.98 Å². The van der Waals surface area contributed by atoms with E-state index in [0.717, 1.165) is 43.4 Å². The third kappa shape index (κ3) is 5.85. The smallest absolute Gasteiger partial charge is 0.258 e. The lowest BCUT2D eigenvalue weighted by Gasteiger charge is -2.35. The monoisotopic (exact) mass is 497 g/mol. The van der Waals surface area contributed by atoms with E-state index in [1.165, 1.54) is 37.6 Å². The van der Waals surface area contributed by atoms with Crippen LogP contribution in [0.25, 0.3) is 0 Å². The van der Waals surface area contributed by atoms with Gasteiger partial charge in [-0.05, 0) is 68.4 Å². The van der Waals surface area contributed by atoms with Crippen LogP contribution in [-0.4, -0.2) is 67.2 Å². The molecular formula is C26H35N5O3S. The minimum absolute atomic E-state index is 0.120. The molecule has 1 saturated carbocycles. The van der Waals surface area contributed by atoms with Gasteiger partial charge in [0.1, 0.15) is 11.6 Å². The average Bonchev–Trinajstić information content (AvgIpc) is 3.63. The van der Waals surface area contributed by atoms with Crippen molar-refractivity contribution in [1.29, 1.82) is 0 Å². The van der Waals surface area contributed by atoms with Gasteiger partial charge in [-0.25, -0.2) is 4.98 Å². The summed E-state index contributed by atoms with van der Waals surface area (Å²) in [4.78, 5) is 22.7. The van der Waals surface area contributed by atoms with Crippen molar-refractivity contribution in [2.75, 3.05) is 65.0 Å². The van der Waals surface area contributed by atoms with E-state index in [0.29, 0.717) is 29.2 Å². The van der Waals surface area contributed by atoms with Crippen LogP contribution in [0.3, 0.4) is 0 Å². The van der Waals surface area contributed by atoms with Gasteiger partial charge in [0.05, 0.1) is 30.6 Å². The second-order valence-corrected chi connectivity index (χ2v) is 10.8. The zero-order valence-corrected chi connectivity index (χ0v) is 21.1. The topological polar surface area (TPSA) is 90.0 Å². The van der Waals surface area contributed by atoms with E-state index in [2.05, 4.69) is 32.8 Å². The lowest BCUT2D eigenvalue weighted by Crippen LogP contribution is -2.41. The van der Waals surface area contributed by atoms with E-state index in [4.69, 9.17) is 14.8 Å². The van der Waals surface area contributed by atoms with Gasteiger partial charge in [0.25, 0.3) is 5.91 Å². The molecule has 1 spiro atoms. The molecule has 0 radical (unpaired) electrons. The Hall–Kier alpha value is -2.49. The van der Waals surface area contributed by atoms with E-state index < -0.39 is 0 Å². The zero-order chi connectivity index (χ0) is 24.3.